The number of aromatic nitrogens is 1. The Labute approximate surface area is 229 Å². The van der Waals surface area contributed by atoms with Crippen LogP contribution in [0, 0.1) is 0 Å². The van der Waals surface area contributed by atoms with Crippen LogP contribution in [0.25, 0.3) is 17.0 Å². The number of nitrogens with one attached hydrogen (secondary N) is 2. The number of hydrogen-bond acceptors (Lipinski definition) is 2. The van der Waals surface area contributed by atoms with Gasteiger partial charge in [0.15, 0.2) is 0 Å². The van der Waals surface area contributed by atoms with Crippen LogP contribution in [0.1, 0.15) is 35.1 Å². The number of urea groups is 1. The van der Waals surface area contributed by atoms with E-state index in [1.54, 1.807) is 11.9 Å². The average molecular weight is 519 g/mol. The van der Waals surface area contributed by atoms with Gasteiger partial charge in [0, 0.05) is 55.6 Å². The topological polar surface area (TPSA) is 68.4 Å². The number of fused-ring (bicyclic) bond motifs is 3. The van der Waals surface area contributed by atoms with Crippen LogP contribution >= 0.6 is 0 Å². The SMILES string of the molecule is CN(Cc1ccccc1)C(=O)[C@H](Cc1c[nH]c2ccccc12)NC(=O)N1CCC2(C=Cc3ccccc32)CC1. The number of aromatic amines is 1. The predicted molar refractivity (Wildman–Crippen MR) is 155 cm³/mol. The number of piperidine rings is 1. The number of likely N-dealkylation sites (N-methyl/N-ethyl adjacent to an activating group) is 1. The van der Waals surface area contributed by atoms with Gasteiger partial charge in [-0.25, -0.2) is 4.79 Å². The molecule has 1 atom stereocenters. The summed E-state index contributed by atoms with van der Waals surface area (Å²) in [6.07, 6.45) is 8.65. The average Bonchev–Trinajstić information content (AvgIpc) is 3.55. The number of hydrogen-bond donors (Lipinski definition) is 2. The largest absolute Gasteiger partial charge is 0.361 e. The molecule has 0 saturated carbocycles. The summed E-state index contributed by atoms with van der Waals surface area (Å²) in [5, 5.41) is 4.19. The molecule has 1 aromatic heterocycles. The molecule has 0 bridgehead atoms. The van der Waals surface area contributed by atoms with Crippen molar-refractivity contribution >= 4 is 28.9 Å². The zero-order valence-electron chi connectivity index (χ0n) is 22.3. The predicted octanol–water partition coefficient (Wildman–Crippen LogP) is 5.51. The number of para-hydroxylation sites is 1. The highest BCUT2D eigenvalue weighted by atomic mass is 16.2. The van der Waals surface area contributed by atoms with Crippen molar-refractivity contribution in [2.75, 3.05) is 20.1 Å². The maximum absolute atomic E-state index is 13.7. The van der Waals surface area contributed by atoms with Crippen molar-refractivity contribution in [2.24, 2.45) is 0 Å². The fourth-order valence-corrected chi connectivity index (χ4v) is 6.14. The number of rotatable bonds is 6. The molecular weight excluding hydrogens is 484 g/mol. The van der Waals surface area contributed by atoms with E-state index in [1.807, 2.05) is 59.6 Å². The van der Waals surface area contributed by atoms with E-state index in [1.165, 1.54) is 11.1 Å². The van der Waals surface area contributed by atoms with Crippen LogP contribution in [0.3, 0.4) is 0 Å². The van der Waals surface area contributed by atoms with E-state index in [0.717, 1.165) is 34.9 Å². The van der Waals surface area contributed by atoms with Crippen molar-refractivity contribution in [1.29, 1.82) is 0 Å². The molecule has 3 aromatic carbocycles. The van der Waals surface area contributed by atoms with Gasteiger partial charge in [-0.1, -0.05) is 84.9 Å². The normalized spacial score (nSPS) is 16.3. The molecule has 1 spiro atoms. The number of carbonyl (C=O) groups is 2. The lowest BCUT2D eigenvalue weighted by Crippen LogP contribution is -2.54. The molecule has 6 heteroatoms. The van der Waals surface area contributed by atoms with E-state index < -0.39 is 6.04 Å². The molecule has 39 heavy (non-hydrogen) atoms. The van der Waals surface area contributed by atoms with Gasteiger partial charge in [-0.2, -0.15) is 0 Å². The van der Waals surface area contributed by atoms with Crippen molar-refractivity contribution in [3.63, 3.8) is 0 Å². The molecular formula is C33H34N4O2. The smallest absolute Gasteiger partial charge is 0.318 e. The number of H-pyrrole nitrogens is 1. The summed E-state index contributed by atoms with van der Waals surface area (Å²) in [6, 6.07) is 25.7. The third-order valence-corrected chi connectivity index (χ3v) is 8.36. The number of amides is 3. The highest BCUT2D eigenvalue weighted by Gasteiger charge is 2.39. The molecule has 1 aliphatic carbocycles. The Hall–Kier alpha value is -4.32. The Bertz CT molecular complexity index is 1520. The molecule has 1 fully saturated rings. The van der Waals surface area contributed by atoms with E-state index >= 15 is 0 Å². The van der Waals surface area contributed by atoms with Gasteiger partial charge in [0.1, 0.15) is 6.04 Å². The molecule has 1 saturated heterocycles. The van der Waals surface area contributed by atoms with Gasteiger partial charge in [0.25, 0.3) is 0 Å². The Balaban J connectivity index is 1.18. The summed E-state index contributed by atoms with van der Waals surface area (Å²) in [6.45, 7) is 1.79. The first kappa shape index (κ1) is 25.0. The van der Waals surface area contributed by atoms with Gasteiger partial charge >= 0.3 is 6.03 Å². The molecule has 1 aliphatic heterocycles. The van der Waals surface area contributed by atoms with Crippen molar-refractivity contribution in [3.8, 4) is 0 Å². The fourth-order valence-electron chi connectivity index (χ4n) is 6.14. The second-order valence-corrected chi connectivity index (χ2v) is 10.8. The van der Waals surface area contributed by atoms with Gasteiger partial charge in [0.05, 0.1) is 0 Å². The quantitative estimate of drug-likeness (QED) is 0.354. The maximum atomic E-state index is 13.7. The van der Waals surface area contributed by atoms with Gasteiger partial charge in [0.2, 0.25) is 5.91 Å². The summed E-state index contributed by atoms with van der Waals surface area (Å²) in [5.41, 5.74) is 5.73. The molecule has 3 amide bonds. The molecule has 4 aromatic rings. The Kier molecular flexibility index (Phi) is 6.69. The lowest BCUT2D eigenvalue weighted by atomic mass is 9.74. The van der Waals surface area contributed by atoms with Crippen LogP contribution in [0.5, 0.6) is 0 Å². The summed E-state index contributed by atoms with van der Waals surface area (Å²) >= 11 is 0. The van der Waals surface area contributed by atoms with Crippen LogP contribution in [0.4, 0.5) is 4.79 Å². The summed E-state index contributed by atoms with van der Waals surface area (Å²) < 4.78 is 0. The van der Waals surface area contributed by atoms with Crippen molar-refractivity contribution in [1.82, 2.24) is 20.1 Å². The first-order valence-electron chi connectivity index (χ1n) is 13.7. The van der Waals surface area contributed by atoms with Crippen LogP contribution in [0.2, 0.25) is 0 Å². The number of nitrogens with zero attached hydrogens (tertiary/aromatic N) is 2. The van der Waals surface area contributed by atoms with Crippen LogP contribution in [0.15, 0.2) is 91.1 Å². The lowest BCUT2D eigenvalue weighted by molar-refractivity contribution is -0.132. The highest BCUT2D eigenvalue weighted by Crippen LogP contribution is 2.43. The number of carbonyl (C=O) groups excluding carboxylic acids is 2. The molecule has 0 unspecified atom stereocenters. The fraction of sp³-hybridized carbons (Fsp3) is 0.273. The summed E-state index contributed by atoms with van der Waals surface area (Å²) in [7, 11) is 1.80. The molecule has 0 radical (unpaired) electrons. The van der Waals surface area contributed by atoms with Gasteiger partial charge in [-0.15, -0.1) is 0 Å². The van der Waals surface area contributed by atoms with Crippen LogP contribution in [-0.2, 0) is 23.2 Å². The zero-order chi connectivity index (χ0) is 26.8. The number of benzene rings is 3. The Morgan fingerprint density at radius 3 is 2.51 bits per heavy atom. The van der Waals surface area contributed by atoms with E-state index in [4.69, 9.17) is 0 Å². The summed E-state index contributed by atoms with van der Waals surface area (Å²) in [4.78, 5) is 34.2. The molecule has 6 rings (SSSR count). The molecule has 198 valence electrons. The number of likely N-dealkylation sites (tertiary alicyclic amines) is 1. The molecule has 2 heterocycles. The monoisotopic (exact) mass is 518 g/mol. The lowest BCUT2D eigenvalue weighted by Gasteiger charge is -2.39. The molecule has 2 N–H and O–H groups in total. The standard InChI is InChI=1S/C33H34N4O2/c1-36(23-24-9-3-2-4-10-24)31(38)30(21-26-22-34-29-14-8-6-12-27(26)29)35-32(39)37-19-17-33(18-20-37)16-15-25-11-5-7-13-28(25)33/h2-16,22,30,34H,17-21,23H2,1H3,(H,35,39)/t30-/m0/s1. The van der Waals surface area contributed by atoms with E-state index in [9.17, 15) is 9.59 Å². The van der Waals surface area contributed by atoms with Gasteiger partial charge < -0.3 is 20.1 Å². The Morgan fingerprint density at radius 2 is 1.69 bits per heavy atom. The third-order valence-electron chi connectivity index (χ3n) is 8.36. The van der Waals surface area contributed by atoms with Crippen LogP contribution in [-0.4, -0.2) is 52.9 Å². The van der Waals surface area contributed by atoms with Gasteiger partial charge in [-0.05, 0) is 41.2 Å². The van der Waals surface area contributed by atoms with Crippen molar-refractivity contribution in [2.45, 2.75) is 37.3 Å². The minimum Gasteiger partial charge on any atom is -0.361 e. The first-order valence-corrected chi connectivity index (χ1v) is 13.7. The molecule has 2 aliphatic rings. The minimum atomic E-state index is -0.673. The van der Waals surface area contributed by atoms with Crippen molar-refractivity contribution in [3.05, 3.63) is 113 Å². The van der Waals surface area contributed by atoms with Gasteiger partial charge in [-0.3, -0.25) is 4.79 Å². The minimum absolute atomic E-state index is 0.00251. The second-order valence-electron chi connectivity index (χ2n) is 10.8. The van der Waals surface area contributed by atoms with E-state index in [0.29, 0.717) is 26.1 Å². The van der Waals surface area contributed by atoms with Crippen LogP contribution < -0.4 is 5.32 Å². The maximum Gasteiger partial charge on any atom is 0.318 e. The Morgan fingerprint density at radius 1 is 0.974 bits per heavy atom. The first-order chi connectivity index (χ1) is 19.0. The van der Waals surface area contributed by atoms with Crippen molar-refractivity contribution < 1.29 is 9.59 Å². The third kappa shape index (κ3) is 4.94. The zero-order valence-corrected chi connectivity index (χ0v) is 22.3. The van der Waals surface area contributed by atoms with E-state index in [2.05, 4.69) is 52.8 Å². The highest BCUT2D eigenvalue weighted by molar-refractivity contribution is 5.89. The summed E-state index contributed by atoms with van der Waals surface area (Å²) in [5.74, 6) is -0.0985. The molecule has 6 nitrogen and oxygen atoms in total. The van der Waals surface area contributed by atoms with E-state index in [-0.39, 0.29) is 17.4 Å². The second kappa shape index (κ2) is 10.4. The number of allylic oxidation sites excluding steroid dienone is 1.